The minimum absolute atomic E-state index is 0.458. The van der Waals surface area contributed by atoms with Crippen molar-refractivity contribution in [2.75, 3.05) is 38.5 Å². The maximum Gasteiger partial charge on any atom is 0.301 e. The second-order valence-electron chi connectivity index (χ2n) is 4.49. The van der Waals surface area contributed by atoms with E-state index in [0.29, 0.717) is 22.5 Å². The highest BCUT2D eigenvalue weighted by molar-refractivity contribution is 9.10. The van der Waals surface area contributed by atoms with Crippen LogP contribution < -0.4 is 14.8 Å². The van der Waals surface area contributed by atoms with Gasteiger partial charge < -0.3 is 10.1 Å². The molecule has 0 aromatic heterocycles. The van der Waals surface area contributed by atoms with Crippen LogP contribution in [0.3, 0.4) is 0 Å². The van der Waals surface area contributed by atoms with Gasteiger partial charge in [-0.1, -0.05) is 6.92 Å². The lowest BCUT2D eigenvalue weighted by molar-refractivity contribution is 0.412. The highest BCUT2D eigenvalue weighted by Crippen LogP contribution is 2.28. The molecule has 0 atom stereocenters. The quantitative estimate of drug-likeness (QED) is 0.644. The molecular formula is C13H22BrN3O3S. The van der Waals surface area contributed by atoms with Crippen LogP contribution in [-0.2, 0) is 10.2 Å². The molecule has 0 aliphatic carbocycles. The Kier molecular flexibility index (Phi) is 7.44. The van der Waals surface area contributed by atoms with E-state index in [1.54, 1.807) is 32.4 Å². The Morgan fingerprint density at radius 1 is 1.38 bits per heavy atom. The summed E-state index contributed by atoms with van der Waals surface area (Å²) < 4.78 is 34.0. The summed E-state index contributed by atoms with van der Waals surface area (Å²) in [4.78, 5) is 0. The summed E-state index contributed by atoms with van der Waals surface area (Å²) in [6.07, 6.45) is 0.761. The van der Waals surface area contributed by atoms with Gasteiger partial charge in [-0.15, -0.1) is 0 Å². The summed E-state index contributed by atoms with van der Waals surface area (Å²) in [7, 11) is -0.423. The Labute approximate surface area is 135 Å². The third kappa shape index (κ3) is 5.82. The third-order valence-electron chi connectivity index (χ3n) is 2.89. The highest BCUT2D eigenvalue weighted by Gasteiger charge is 2.17. The van der Waals surface area contributed by atoms with E-state index in [2.05, 4.69) is 26.0 Å². The zero-order valence-corrected chi connectivity index (χ0v) is 14.9. The molecule has 0 heterocycles. The van der Waals surface area contributed by atoms with Crippen LogP contribution in [0.2, 0.25) is 0 Å². The van der Waals surface area contributed by atoms with Gasteiger partial charge in [0.25, 0.3) is 0 Å². The Morgan fingerprint density at radius 3 is 2.67 bits per heavy atom. The number of ether oxygens (including phenoxy) is 1. The molecule has 0 radical (unpaired) electrons. The molecule has 6 nitrogen and oxygen atoms in total. The van der Waals surface area contributed by atoms with Crippen LogP contribution in [0.1, 0.15) is 13.3 Å². The molecule has 1 aromatic rings. The number of hydrogen-bond acceptors (Lipinski definition) is 4. The largest absolute Gasteiger partial charge is 0.496 e. The molecule has 0 aliphatic rings. The van der Waals surface area contributed by atoms with Crippen molar-refractivity contribution in [1.29, 1.82) is 0 Å². The van der Waals surface area contributed by atoms with Gasteiger partial charge in [-0.25, -0.2) is 0 Å². The average molecular weight is 380 g/mol. The van der Waals surface area contributed by atoms with Crippen molar-refractivity contribution in [3.63, 3.8) is 0 Å². The molecule has 2 N–H and O–H groups in total. The van der Waals surface area contributed by atoms with Crippen LogP contribution in [0, 0.1) is 0 Å². The topological polar surface area (TPSA) is 70.7 Å². The summed E-state index contributed by atoms with van der Waals surface area (Å²) in [5.74, 6) is 0.650. The fourth-order valence-electron chi connectivity index (χ4n) is 1.68. The lowest BCUT2D eigenvalue weighted by atomic mass is 10.3. The Morgan fingerprint density at radius 2 is 2.10 bits per heavy atom. The summed E-state index contributed by atoms with van der Waals surface area (Å²) in [6, 6.07) is 5.03. The summed E-state index contributed by atoms with van der Waals surface area (Å²) in [6.45, 7) is 4.16. The zero-order chi connectivity index (χ0) is 15.9. The van der Waals surface area contributed by atoms with Crippen LogP contribution in [0.4, 0.5) is 5.69 Å². The van der Waals surface area contributed by atoms with Crippen molar-refractivity contribution in [2.24, 2.45) is 0 Å². The molecule has 0 aliphatic heterocycles. The van der Waals surface area contributed by atoms with Crippen LogP contribution in [0.15, 0.2) is 22.7 Å². The molecule has 0 saturated carbocycles. The van der Waals surface area contributed by atoms with E-state index in [1.807, 2.05) is 6.92 Å². The number of rotatable bonds is 9. The van der Waals surface area contributed by atoms with Crippen molar-refractivity contribution in [1.82, 2.24) is 9.62 Å². The van der Waals surface area contributed by atoms with E-state index in [4.69, 9.17) is 4.74 Å². The first-order valence-corrected chi connectivity index (χ1v) is 8.92. The molecule has 120 valence electrons. The van der Waals surface area contributed by atoms with E-state index >= 15 is 0 Å². The number of halogens is 1. The standard InChI is InChI=1S/C13H22BrN3O3S/c1-4-15-8-5-9-17(2)21(18,19)16-11-6-7-13(20-3)12(14)10-11/h6-7,10,15-16H,4-5,8-9H2,1-3H3. The summed E-state index contributed by atoms with van der Waals surface area (Å²) >= 11 is 3.33. The molecule has 0 fully saturated rings. The van der Waals surface area contributed by atoms with Gasteiger partial charge in [-0.2, -0.15) is 12.7 Å². The number of methoxy groups -OCH3 is 1. The van der Waals surface area contributed by atoms with E-state index in [0.717, 1.165) is 19.5 Å². The van der Waals surface area contributed by atoms with Gasteiger partial charge >= 0.3 is 10.2 Å². The molecule has 21 heavy (non-hydrogen) atoms. The fraction of sp³-hybridized carbons (Fsp3) is 0.538. The predicted octanol–water partition coefficient (Wildman–Crippen LogP) is 2.05. The van der Waals surface area contributed by atoms with Crippen LogP contribution in [0.5, 0.6) is 5.75 Å². The van der Waals surface area contributed by atoms with E-state index in [1.165, 1.54) is 4.31 Å². The third-order valence-corrected chi connectivity index (χ3v) is 5.00. The SMILES string of the molecule is CCNCCCN(C)S(=O)(=O)Nc1ccc(OC)c(Br)c1. The Bertz CT molecular complexity index is 552. The monoisotopic (exact) mass is 379 g/mol. The second kappa shape index (κ2) is 8.57. The molecule has 0 unspecified atom stereocenters. The minimum Gasteiger partial charge on any atom is -0.496 e. The van der Waals surface area contributed by atoms with E-state index in [-0.39, 0.29) is 0 Å². The lowest BCUT2D eigenvalue weighted by Crippen LogP contribution is -2.34. The smallest absolute Gasteiger partial charge is 0.301 e. The van der Waals surface area contributed by atoms with Crippen molar-refractivity contribution < 1.29 is 13.2 Å². The second-order valence-corrected chi connectivity index (χ2v) is 7.12. The van der Waals surface area contributed by atoms with Gasteiger partial charge in [0.1, 0.15) is 5.75 Å². The van der Waals surface area contributed by atoms with Gasteiger partial charge in [0.05, 0.1) is 17.3 Å². The molecule has 1 aromatic carbocycles. The van der Waals surface area contributed by atoms with Crippen molar-refractivity contribution in [3.05, 3.63) is 22.7 Å². The van der Waals surface area contributed by atoms with Gasteiger partial charge in [0.2, 0.25) is 0 Å². The molecule has 0 amide bonds. The van der Waals surface area contributed by atoms with Crippen molar-refractivity contribution >= 4 is 31.8 Å². The Hall–Kier alpha value is -0.830. The molecular weight excluding hydrogens is 358 g/mol. The van der Waals surface area contributed by atoms with Crippen molar-refractivity contribution in [3.8, 4) is 5.75 Å². The number of benzene rings is 1. The minimum atomic E-state index is -3.54. The number of nitrogens with one attached hydrogen (secondary N) is 2. The number of nitrogens with zero attached hydrogens (tertiary/aromatic N) is 1. The molecule has 0 bridgehead atoms. The summed E-state index contributed by atoms with van der Waals surface area (Å²) in [5.41, 5.74) is 0.487. The zero-order valence-electron chi connectivity index (χ0n) is 12.5. The van der Waals surface area contributed by atoms with Crippen LogP contribution in [-0.4, -0.2) is 46.5 Å². The molecule has 0 spiro atoms. The highest BCUT2D eigenvalue weighted by atomic mass is 79.9. The Balaban J connectivity index is 2.64. The number of anilines is 1. The van der Waals surface area contributed by atoms with Gasteiger partial charge in [0.15, 0.2) is 0 Å². The lowest BCUT2D eigenvalue weighted by Gasteiger charge is -2.18. The molecule has 1 rings (SSSR count). The van der Waals surface area contributed by atoms with Crippen LogP contribution in [0.25, 0.3) is 0 Å². The first kappa shape index (κ1) is 18.2. The van der Waals surface area contributed by atoms with E-state index in [9.17, 15) is 8.42 Å². The predicted molar refractivity (Wildman–Crippen MR) is 89.0 cm³/mol. The molecule has 0 saturated heterocycles. The van der Waals surface area contributed by atoms with E-state index < -0.39 is 10.2 Å². The first-order valence-electron chi connectivity index (χ1n) is 6.69. The van der Waals surface area contributed by atoms with Gasteiger partial charge in [0, 0.05) is 13.6 Å². The summed E-state index contributed by atoms with van der Waals surface area (Å²) in [5, 5.41) is 3.16. The fourth-order valence-corrected chi connectivity index (χ4v) is 3.17. The normalized spacial score (nSPS) is 11.7. The first-order chi connectivity index (χ1) is 9.90. The van der Waals surface area contributed by atoms with Crippen molar-refractivity contribution in [2.45, 2.75) is 13.3 Å². The number of hydrogen-bond donors (Lipinski definition) is 2. The van der Waals surface area contributed by atoms with Gasteiger partial charge in [-0.05, 0) is 53.6 Å². The maximum absolute atomic E-state index is 12.2. The van der Waals surface area contributed by atoms with Crippen LogP contribution >= 0.6 is 15.9 Å². The average Bonchev–Trinajstić information content (AvgIpc) is 2.43. The molecule has 8 heteroatoms. The van der Waals surface area contributed by atoms with Gasteiger partial charge in [-0.3, -0.25) is 4.72 Å². The maximum atomic E-state index is 12.2.